The van der Waals surface area contributed by atoms with Crippen molar-refractivity contribution in [1.82, 2.24) is 51.7 Å². The van der Waals surface area contributed by atoms with Crippen LogP contribution in [0.15, 0.2) is 158 Å². The smallest absolute Gasteiger partial charge is 0.246 e. The number of nitrogens with one attached hydrogen (secondary N) is 8. The highest BCUT2D eigenvalue weighted by Gasteiger charge is 2.43. The van der Waals surface area contributed by atoms with E-state index in [-0.39, 0.29) is 63.1 Å². The molecule has 0 radical (unpaired) electrons. The number of para-hydroxylation sites is 2. The molecule has 6 heterocycles. The molecule has 88 heavy (non-hydrogen) atoms. The van der Waals surface area contributed by atoms with Gasteiger partial charge in [0.25, 0.3) is 0 Å². The van der Waals surface area contributed by atoms with E-state index in [1.165, 1.54) is 34.1 Å². The summed E-state index contributed by atoms with van der Waals surface area (Å²) in [6.45, 7) is 0.521. The number of carbonyl (C=O) groups is 8. The van der Waals surface area contributed by atoms with Gasteiger partial charge in [0, 0.05) is 85.9 Å². The monoisotopic (exact) mass is 1180 g/mol. The number of amides is 8. The Morgan fingerprint density at radius 3 is 1.38 bits per heavy atom. The molecule has 10 N–H and O–H groups in total. The van der Waals surface area contributed by atoms with E-state index in [2.05, 4.69) is 41.9 Å². The molecule has 4 fully saturated rings. The van der Waals surface area contributed by atoms with Crippen LogP contribution < -0.4 is 31.9 Å². The maximum Gasteiger partial charge on any atom is 0.246 e. The number of aromatic hydroxyl groups is 2. The van der Waals surface area contributed by atoms with Crippen LogP contribution in [0.1, 0.15) is 59.1 Å². The van der Waals surface area contributed by atoms with Gasteiger partial charge in [-0.3, -0.25) is 38.4 Å². The second-order valence-corrected chi connectivity index (χ2v) is 23.4. The highest BCUT2D eigenvalue weighted by molar-refractivity contribution is 6.01. The number of nitrogens with zero attached hydrogens (tertiary/aromatic N) is 2. The molecule has 0 bridgehead atoms. The number of aromatic nitrogens is 2. The molecule has 8 amide bonds. The lowest BCUT2D eigenvalue weighted by Gasteiger charge is -2.32. The molecular formula is C68H68N10O10. The van der Waals surface area contributed by atoms with Gasteiger partial charge in [0.05, 0.1) is 5.52 Å². The van der Waals surface area contributed by atoms with Crippen LogP contribution in [0.4, 0.5) is 0 Å². The molecule has 8 aromatic rings. The molecule has 450 valence electrons. The van der Waals surface area contributed by atoms with E-state index in [0.717, 1.165) is 38.5 Å². The first-order chi connectivity index (χ1) is 42.7. The highest BCUT2D eigenvalue weighted by Crippen LogP contribution is 2.33. The second kappa shape index (κ2) is 25.4. The van der Waals surface area contributed by atoms with Crippen molar-refractivity contribution in [1.29, 1.82) is 0 Å². The molecule has 0 unspecified atom stereocenters. The SMILES string of the molecule is O=C1N[C@H](Cc2c[nH]c3ccccc23)C(=O)N[C@@H](Cc2cccc(-c3cccc4c(C[C@H]5NC(=O)[C@H](Cc6ccccc6)NC(=O)[C@H]6CCCN6C(=O)[C@H](Cc6cccc(O)c6)NC5=O)c[nH]c34)c2)C(=O)N2CCC[C@@H]2C(=O)N[C@H]1Cc1cccc(O)c1. The van der Waals surface area contributed by atoms with Gasteiger partial charge in [-0.15, -0.1) is 0 Å². The van der Waals surface area contributed by atoms with Crippen molar-refractivity contribution in [3.8, 4) is 22.6 Å². The fraction of sp³-hybridized carbons (Fsp3) is 0.294. The Balaban J connectivity index is 0.840. The number of hydrogen-bond acceptors (Lipinski definition) is 10. The molecular weight excluding hydrogens is 1120 g/mol. The zero-order chi connectivity index (χ0) is 61.0. The van der Waals surface area contributed by atoms with Crippen LogP contribution in [0.2, 0.25) is 0 Å². The summed E-state index contributed by atoms with van der Waals surface area (Å²) in [5.41, 5.74) is 7.04. The predicted octanol–water partition coefficient (Wildman–Crippen LogP) is 4.70. The number of H-pyrrole nitrogens is 2. The maximum atomic E-state index is 15.1. The lowest BCUT2D eigenvalue weighted by Crippen LogP contribution is -2.62. The number of carbonyl (C=O) groups excluding carboxylic acids is 8. The van der Waals surface area contributed by atoms with Crippen LogP contribution in [-0.4, -0.2) is 139 Å². The average molecular weight is 1190 g/mol. The molecule has 0 saturated carbocycles. The van der Waals surface area contributed by atoms with Gasteiger partial charge in [-0.2, -0.15) is 0 Å². The standard InChI is InChI=1S/C68H68N10O10/c79-46-18-7-15-41(29-46)32-53-62(82)71-54(35-44-37-69-51-23-5-4-20-48(44)51)63(83)75-56(67(87)77-26-11-25-59(77)66(86)74-53)33-40-14-6-17-43(28-40)49-21-9-22-50-45(38-70-60(49)50)36-55-64(84)76-57(34-42-16-8-19-47(80)30-42)68(88)78-27-10-24-58(78)65(85)73-52(61(81)72-55)31-39-12-2-1-3-13-39/h1-9,12-23,28-30,37-38,52-59,69-70,79-80H,10-11,24-27,31-36H2,(H,71,82)(H,72,81)(H,73,85)(H,74,86)(H,75,83)(H,76,84)/t52-,53-,54+,55+,56-,57-,58+,59+/m0/s1. The van der Waals surface area contributed by atoms with Crippen LogP contribution in [0, 0.1) is 0 Å². The maximum absolute atomic E-state index is 15.1. The van der Waals surface area contributed by atoms with Crippen LogP contribution in [0.25, 0.3) is 32.9 Å². The van der Waals surface area contributed by atoms with E-state index in [9.17, 15) is 43.8 Å². The van der Waals surface area contributed by atoms with Crippen molar-refractivity contribution >= 4 is 69.1 Å². The third kappa shape index (κ3) is 12.7. The molecule has 6 aromatic carbocycles. The Morgan fingerprint density at radius 2 is 0.807 bits per heavy atom. The van der Waals surface area contributed by atoms with E-state index in [1.54, 1.807) is 36.7 Å². The van der Waals surface area contributed by atoms with E-state index < -0.39 is 95.6 Å². The molecule has 4 saturated heterocycles. The average Bonchev–Trinajstić information content (AvgIpc) is 4.52. The Labute approximate surface area is 506 Å². The number of aromatic amines is 2. The van der Waals surface area contributed by atoms with Crippen molar-refractivity contribution in [2.24, 2.45) is 0 Å². The van der Waals surface area contributed by atoms with Gasteiger partial charge in [0.15, 0.2) is 0 Å². The van der Waals surface area contributed by atoms with E-state index in [1.807, 2.05) is 97.1 Å². The van der Waals surface area contributed by atoms with E-state index in [4.69, 9.17) is 0 Å². The number of phenolic OH excluding ortho intramolecular Hbond substituents is 2. The van der Waals surface area contributed by atoms with Gasteiger partial charge in [0.2, 0.25) is 47.3 Å². The number of fused-ring (bicyclic) bond motifs is 4. The zero-order valence-corrected chi connectivity index (χ0v) is 48.2. The van der Waals surface area contributed by atoms with E-state index >= 15 is 4.79 Å². The highest BCUT2D eigenvalue weighted by atomic mass is 16.3. The van der Waals surface area contributed by atoms with Gasteiger partial charge < -0.3 is 61.9 Å². The van der Waals surface area contributed by atoms with Crippen molar-refractivity contribution in [3.05, 3.63) is 191 Å². The summed E-state index contributed by atoms with van der Waals surface area (Å²) in [5.74, 6) is -4.34. The summed E-state index contributed by atoms with van der Waals surface area (Å²) < 4.78 is 0. The summed E-state index contributed by atoms with van der Waals surface area (Å²) in [7, 11) is 0. The van der Waals surface area contributed by atoms with Gasteiger partial charge in [-0.25, -0.2) is 0 Å². The Morgan fingerprint density at radius 1 is 0.386 bits per heavy atom. The third-order valence-corrected chi connectivity index (χ3v) is 17.4. The van der Waals surface area contributed by atoms with Gasteiger partial charge in [-0.1, -0.05) is 115 Å². The first kappa shape index (κ1) is 58.2. The van der Waals surface area contributed by atoms with Gasteiger partial charge >= 0.3 is 0 Å². The van der Waals surface area contributed by atoms with Gasteiger partial charge in [0.1, 0.15) is 59.8 Å². The number of rotatable bonds is 13. The number of benzene rings is 6. The number of hydrogen-bond donors (Lipinski definition) is 10. The van der Waals surface area contributed by atoms with Crippen LogP contribution in [-0.2, 0) is 76.9 Å². The first-order valence-corrected chi connectivity index (χ1v) is 30.0. The largest absolute Gasteiger partial charge is 0.508 e. The van der Waals surface area contributed by atoms with Crippen molar-refractivity contribution < 1.29 is 48.6 Å². The molecule has 20 heteroatoms. The molecule has 0 spiro atoms. The minimum Gasteiger partial charge on any atom is -0.508 e. The summed E-state index contributed by atoms with van der Waals surface area (Å²) >= 11 is 0. The lowest BCUT2D eigenvalue weighted by atomic mass is 9.95. The predicted molar refractivity (Wildman–Crippen MR) is 328 cm³/mol. The van der Waals surface area contributed by atoms with Crippen molar-refractivity contribution in [2.45, 2.75) is 113 Å². The molecule has 20 nitrogen and oxygen atoms in total. The summed E-state index contributed by atoms with van der Waals surface area (Å²) in [4.78, 5) is 127. The Hall–Kier alpha value is -10.2. The molecule has 4 aliphatic rings. The summed E-state index contributed by atoms with van der Waals surface area (Å²) in [5, 5.41) is 40.0. The van der Waals surface area contributed by atoms with Crippen molar-refractivity contribution in [2.75, 3.05) is 13.1 Å². The molecule has 12 rings (SSSR count). The lowest BCUT2D eigenvalue weighted by molar-refractivity contribution is -0.143. The fourth-order valence-electron chi connectivity index (χ4n) is 13.0. The van der Waals surface area contributed by atoms with Crippen LogP contribution in [0.5, 0.6) is 11.5 Å². The minimum absolute atomic E-state index is 0.00213. The Bertz CT molecular complexity index is 3990. The topological polar surface area (TPSA) is 287 Å². The molecule has 2 aromatic heterocycles. The quantitative estimate of drug-likeness (QED) is 0.0760. The first-order valence-electron chi connectivity index (χ1n) is 30.0. The third-order valence-electron chi connectivity index (χ3n) is 17.4. The van der Waals surface area contributed by atoms with Gasteiger partial charge in [-0.05, 0) is 95.0 Å². The normalized spacial score (nSPS) is 23.1. The molecule has 0 aliphatic carbocycles. The molecule has 8 atom stereocenters. The molecule has 4 aliphatic heterocycles. The fourth-order valence-corrected chi connectivity index (χ4v) is 13.0. The van der Waals surface area contributed by atoms with Crippen LogP contribution in [0.3, 0.4) is 0 Å². The summed E-state index contributed by atoms with van der Waals surface area (Å²) in [6, 6.07) is 34.0. The van der Waals surface area contributed by atoms with Crippen LogP contribution >= 0.6 is 0 Å². The summed E-state index contributed by atoms with van der Waals surface area (Å²) in [6.07, 6.45) is 5.47. The Kier molecular flexibility index (Phi) is 16.8. The van der Waals surface area contributed by atoms with Crippen molar-refractivity contribution in [3.63, 3.8) is 0 Å². The van der Waals surface area contributed by atoms with E-state index in [0.29, 0.717) is 53.5 Å². The second-order valence-electron chi connectivity index (χ2n) is 23.4. The minimum atomic E-state index is -1.25. The zero-order valence-electron chi connectivity index (χ0n) is 48.2. The number of phenols is 2.